The summed E-state index contributed by atoms with van der Waals surface area (Å²) in [6, 6.07) is 19.0. The largest absolute Gasteiger partial charge is 0.497 e. The van der Waals surface area contributed by atoms with Crippen LogP contribution in [0.3, 0.4) is 0 Å². The lowest BCUT2D eigenvalue weighted by molar-refractivity contribution is 0.124. The maximum absolute atomic E-state index is 5.82. The molecule has 1 heterocycles. The molecule has 0 radical (unpaired) electrons. The lowest BCUT2D eigenvalue weighted by Crippen LogP contribution is -2.31. The highest BCUT2D eigenvalue weighted by Gasteiger charge is 2.15. The van der Waals surface area contributed by atoms with E-state index in [1.165, 1.54) is 24.2 Å². The quantitative estimate of drug-likeness (QED) is 0.628. The monoisotopic (exact) mass is 368 g/mol. The summed E-state index contributed by atoms with van der Waals surface area (Å²) in [7, 11) is 1.71. The van der Waals surface area contributed by atoms with Crippen LogP contribution in [-0.4, -0.2) is 57.9 Å². The van der Waals surface area contributed by atoms with E-state index in [-0.39, 0.29) is 0 Å². The molecule has 0 amide bonds. The normalized spacial score (nSPS) is 15.5. The molecular formula is C23H32N2O2. The Balaban J connectivity index is 1.31. The second kappa shape index (κ2) is 11.0. The second-order valence-electron chi connectivity index (χ2n) is 7.08. The Morgan fingerprint density at radius 2 is 1.67 bits per heavy atom. The summed E-state index contributed by atoms with van der Waals surface area (Å²) in [5.74, 6) is 0.919. The molecule has 2 aromatic carbocycles. The molecule has 4 nitrogen and oxygen atoms in total. The van der Waals surface area contributed by atoms with Crippen LogP contribution >= 0.6 is 0 Å². The molecule has 1 fully saturated rings. The van der Waals surface area contributed by atoms with Crippen molar-refractivity contribution in [2.75, 3.05) is 57.9 Å². The van der Waals surface area contributed by atoms with Crippen molar-refractivity contribution in [1.82, 2.24) is 4.90 Å². The maximum atomic E-state index is 5.82. The van der Waals surface area contributed by atoms with Crippen molar-refractivity contribution in [1.29, 1.82) is 0 Å². The van der Waals surface area contributed by atoms with Gasteiger partial charge in [0.15, 0.2) is 0 Å². The van der Waals surface area contributed by atoms with Crippen LogP contribution in [0.4, 0.5) is 5.69 Å². The number of anilines is 1. The molecule has 3 rings (SSSR count). The first-order valence-corrected chi connectivity index (χ1v) is 10.1. The smallest absolute Gasteiger partial charge is 0.119 e. The molecule has 4 heteroatoms. The van der Waals surface area contributed by atoms with Crippen molar-refractivity contribution in [3.8, 4) is 5.75 Å². The number of rotatable bonds is 9. The van der Waals surface area contributed by atoms with Crippen LogP contribution in [-0.2, 0) is 11.2 Å². The second-order valence-corrected chi connectivity index (χ2v) is 7.08. The molecule has 1 aliphatic heterocycles. The predicted molar refractivity (Wildman–Crippen MR) is 112 cm³/mol. The minimum Gasteiger partial charge on any atom is -0.497 e. The van der Waals surface area contributed by atoms with Crippen molar-refractivity contribution in [2.24, 2.45) is 0 Å². The van der Waals surface area contributed by atoms with Crippen LogP contribution in [0.1, 0.15) is 18.4 Å². The fraction of sp³-hybridized carbons (Fsp3) is 0.478. The van der Waals surface area contributed by atoms with Crippen LogP contribution in [0.2, 0.25) is 0 Å². The molecule has 0 saturated carbocycles. The molecule has 1 aliphatic rings. The summed E-state index contributed by atoms with van der Waals surface area (Å²) in [4.78, 5) is 5.06. The zero-order chi connectivity index (χ0) is 18.7. The summed E-state index contributed by atoms with van der Waals surface area (Å²) in [6.45, 7) is 7.30. The van der Waals surface area contributed by atoms with Gasteiger partial charge in [-0.3, -0.25) is 0 Å². The van der Waals surface area contributed by atoms with Gasteiger partial charge in [0.2, 0.25) is 0 Å². The van der Waals surface area contributed by atoms with E-state index in [0.717, 1.165) is 58.0 Å². The number of benzene rings is 2. The van der Waals surface area contributed by atoms with Crippen LogP contribution in [0.25, 0.3) is 0 Å². The van der Waals surface area contributed by atoms with Gasteiger partial charge in [0, 0.05) is 38.5 Å². The van der Waals surface area contributed by atoms with E-state index in [2.05, 4.69) is 52.3 Å². The zero-order valence-electron chi connectivity index (χ0n) is 16.5. The molecule has 0 N–H and O–H groups in total. The highest BCUT2D eigenvalue weighted by molar-refractivity contribution is 5.49. The van der Waals surface area contributed by atoms with Gasteiger partial charge in [0.05, 0.1) is 13.7 Å². The standard InChI is InChI=1S/C23H32N2O2/c1-26-23-11-9-22(10-12-23)25-16-5-14-24(17-18-25)15-6-19-27-20-13-21-7-3-2-4-8-21/h2-4,7-12H,5-6,13-20H2,1H3. The minimum absolute atomic E-state index is 0.815. The van der Waals surface area contributed by atoms with E-state index >= 15 is 0 Å². The lowest BCUT2D eigenvalue weighted by atomic mass is 10.2. The molecule has 146 valence electrons. The van der Waals surface area contributed by atoms with Gasteiger partial charge in [-0.2, -0.15) is 0 Å². The van der Waals surface area contributed by atoms with Crippen LogP contribution in [0, 0.1) is 0 Å². The molecule has 0 bridgehead atoms. The molecule has 0 aromatic heterocycles. The summed E-state index contributed by atoms with van der Waals surface area (Å²) in [6.07, 6.45) is 3.32. The molecule has 27 heavy (non-hydrogen) atoms. The fourth-order valence-corrected chi connectivity index (χ4v) is 3.57. The lowest BCUT2D eigenvalue weighted by Gasteiger charge is -2.23. The first-order chi connectivity index (χ1) is 13.3. The summed E-state index contributed by atoms with van der Waals surface area (Å²) < 4.78 is 11.1. The Hall–Kier alpha value is -2.04. The van der Waals surface area contributed by atoms with Gasteiger partial charge in [-0.15, -0.1) is 0 Å². The van der Waals surface area contributed by atoms with Crippen molar-refractivity contribution in [3.05, 3.63) is 60.2 Å². The Kier molecular flexibility index (Phi) is 8.00. The van der Waals surface area contributed by atoms with Gasteiger partial charge in [0.25, 0.3) is 0 Å². The van der Waals surface area contributed by atoms with Gasteiger partial charge in [-0.1, -0.05) is 30.3 Å². The minimum atomic E-state index is 0.815. The SMILES string of the molecule is COc1ccc(N2CCCN(CCCOCCc3ccccc3)CC2)cc1. The first-order valence-electron chi connectivity index (χ1n) is 10.1. The van der Waals surface area contributed by atoms with E-state index in [4.69, 9.17) is 9.47 Å². The molecule has 0 spiro atoms. The third-order valence-electron chi connectivity index (χ3n) is 5.17. The Morgan fingerprint density at radius 1 is 0.852 bits per heavy atom. The molecule has 0 atom stereocenters. The third kappa shape index (κ3) is 6.56. The molecular weight excluding hydrogens is 336 g/mol. The summed E-state index contributed by atoms with van der Waals surface area (Å²) >= 11 is 0. The van der Waals surface area contributed by atoms with Gasteiger partial charge in [0.1, 0.15) is 5.75 Å². The molecule has 2 aromatic rings. The average molecular weight is 369 g/mol. The summed E-state index contributed by atoms with van der Waals surface area (Å²) in [5.41, 5.74) is 2.64. The molecule has 0 aliphatic carbocycles. The van der Waals surface area contributed by atoms with E-state index < -0.39 is 0 Å². The number of hydrogen-bond acceptors (Lipinski definition) is 4. The van der Waals surface area contributed by atoms with Crippen molar-refractivity contribution in [3.63, 3.8) is 0 Å². The van der Waals surface area contributed by atoms with Gasteiger partial charge in [-0.05, 0) is 55.6 Å². The van der Waals surface area contributed by atoms with Crippen LogP contribution in [0.15, 0.2) is 54.6 Å². The zero-order valence-corrected chi connectivity index (χ0v) is 16.5. The third-order valence-corrected chi connectivity index (χ3v) is 5.17. The number of methoxy groups -OCH3 is 1. The van der Waals surface area contributed by atoms with E-state index in [1.807, 2.05) is 12.1 Å². The van der Waals surface area contributed by atoms with Crippen molar-refractivity contribution >= 4 is 5.69 Å². The van der Waals surface area contributed by atoms with Crippen molar-refractivity contribution < 1.29 is 9.47 Å². The van der Waals surface area contributed by atoms with Crippen molar-refractivity contribution in [2.45, 2.75) is 19.3 Å². The molecule has 0 unspecified atom stereocenters. The number of nitrogens with zero attached hydrogens (tertiary/aromatic N) is 2. The maximum Gasteiger partial charge on any atom is 0.119 e. The van der Waals surface area contributed by atoms with Crippen LogP contribution < -0.4 is 9.64 Å². The highest BCUT2D eigenvalue weighted by Crippen LogP contribution is 2.20. The number of hydrogen-bond donors (Lipinski definition) is 0. The highest BCUT2D eigenvalue weighted by atomic mass is 16.5. The Morgan fingerprint density at radius 3 is 2.44 bits per heavy atom. The fourth-order valence-electron chi connectivity index (χ4n) is 3.57. The van der Waals surface area contributed by atoms with Crippen LogP contribution in [0.5, 0.6) is 5.75 Å². The topological polar surface area (TPSA) is 24.9 Å². The predicted octanol–water partition coefficient (Wildman–Crippen LogP) is 3.86. The average Bonchev–Trinajstić information content (AvgIpc) is 2.97. The van der Waals surface area contributed by atoms with E-state index in [9.17, 15) is 0 Å². The van der Waals surface area contributed by atoms with Gasteiger partial charge >= 0.3 is 0 Å². The Labute approximate surface area is 163 Å². The number of ether oxygens (including phenoxy) is 2. The first kappa shape index (κ1) is 19.7. The van der Waals surface area contributed by atoms with E-state index in [1.54, 1.807) is 7.11 Å². The summed E-state index contributed by atoms with van der Waals surface area (Å²) in [5, 5.41) is 0. The van der Waals surface area contributed by atoms with Gasteiger partial charge < -0.3 is 19.3 Å². The van der Waals surface area contributed by atoms with E-state index in [0.29, 0.717) is 0 Å². The Bertz CT molecular complexity index is 645. The molecule has 1 saturated heterocycles. The van der Waals surface area contributed by atoms with Gasteiger partial charge in [-0.25, -0.2) is 0 Å².